The van der Waals surface area contributed by atoms with Gasteiger partial charge in [-0.15, -0.1) is 0 Å². The third-order valence-corrected chi connectivity index (χ3v) is 4.54. The van der Waals surface area contributed by atoms with E-state index >= 15 is 0 Å². The molecule has 0 unspecified atom stereocenters. The largest absolute Gasteiger partial charge is 0.352 e. The molecule has 7 heteroatoms. The molecular weight excluding hydrogens is 294 g/mol. The molecule has 3 rings (SSSR count). The molecule has 1 fully saturated rings. The number of amides is 1. The average molecular weight is 315 g/mol. The van der Waals surface area contributed by atoms with Gasteiger partial charge in [0.1, 0.15) is 0 Å². The zero-order chi connectivity index (χ0) is 16.4. The fourth-order valence-electron chi connectivity index (χ4n) is 3.03. The van der Waals surface area contributed by atoms with Crippen molar-refractivity contribution in [1.29, 1.82) is 0 Å². The van der Waals surface area contributed by atoms with Gasteiger partial charge in [-0.05, 0) is 18.1 Å². The lowest BCUT2D eigenvalue weighted by Gasteiger charge is -2.18. The van der Waals surface area contributed by atoms with Crippen LogP contribution in [-0.2, 0) is 18.4 Å². The number of nitrogens with zero attached hydrogens (tertiary/aromatic N) is 2. The summed E-state index contributed by atoms with van der Waals surface area (Å²) >= 11 is 0. The van der Waals surface area contributed by atoms with Crippen molar-refractivity contribution in [1.82, 2.24) is 25.4 Å². The topological polar surface area (TPSA) is 91.8 Å². The number of pyridine rings is 1. The van der Waals surface area contributed by atoms with E-state index in [0.29, 0.717) is 13.1 Å². The van der Waals surface area contributed by atoms with Crippen molar-refractivity contribution in [3.05, 3.63) is 51.7 Å². The van der Waals surface area contributed by atoms with E-state index in [1.54, 1.807) is 12.3 Å². The molecule has 23 heavy (non-hydrogen) atoms. The SMILES string of the molecule is Cc1c([C@H]2CNC[C@@H]2C(=O)NCc2ccc(=O)[nH]c2)cnn1C. The number of hydrogen-bond acceptors (Lipinski definition) is 4. The molecule has 0 saturated carbocycles. The molecule has 2 atom stereocenters. The molecule has 2 aromatic heterocycles. The van der Waals surface area contributed by atoms with Gasteiger partial charge in [0.05, 0.1) is 12.1 Å². The van der Waals surface area contributed by atoms with E-state index in [2.05, 4.69) is 20.7 Å². The quantitative estimate of drug-likeness (QED) is 0.743. The van der Waals surface area contributed by atoms with Crippen molar-refractivity contribution in [3.8, 4) is 0 Å². The lowest BCUT2D eigenvalue weighted by molar-refractivity contribution is -0.125. The van der Waals surface area contributed by atoms with E-state index in [-0.39, 0.29) is 23.3 Å². The van der Waals surface area contributed by atoms with Gasteiger partial charge in [-0.1, -0.05) is 6.07 Å². The Labute approximate surface area is 134 Å². The van der Waals surface area contributed by atoms with Gasteiger partial charge in [0, 0.05) is 50.6 Å². The van der Waals surface area contributed by atoms with Gasteiger partial charge in [-0.2, -0.15) is 5.10 Å². The summed E-state index contributed by atoms with van der Waals surface area (Å²) in [5.74, 6) is 0.0504. The van der Waals surface area contributed by atoms with Crippen LogP contribution >= 0.6 is 0 Å². The summed E-state index contributed by atoms with van der Waals surface area (Å²) in [6.07, 6.45) is 3.48. The Bertz CT molecular complexity index is 744. The molecule has 1 amide bonds. The number of aromatic amines is 1. The van der Waals surface area contributed by atoms with Crippen molar-refractivity contribution in [2.45, 2.75) is 19.4 Å². The van der Waals surface area contributed by atoms with Crippen LogP contribution in [0.15, 0.2) is 29.3 Å². The highest BCUT2D eigenvalue weighted by Crippen LogP contribution is 2.30. The van der Waals surface area contributed by atoms with Crippen LogP contribution in [0, 0.1) is 12.8 Å². The summed E-state index contributed by atoms with van der Waals surface area (Å²) in [7, 11) is 1.91. The first kappa shape index (κ1) is 15.5. The zero-order valence-corrected chi connectivity index (χ0v) is 13.3. The van der Waals surface area contributed by atoms with Gasteiger partial charge < -0.3 is 15.6 Å². The van der Waals surface area contributed by atoms with E-state index in [0.717, 1.165) is 23.4 Å². The average Bonchev–Trinajstić information content (AvgIpc) is 3.14. The number of H-pyrrole nitrogens is 1. The third kappa shape index (κ3) is 3.19. The molecule has 0 bridgehead atoms. The van der Waals surface area contributed by atoms with Crippen LogP contribution in [0.1, 0.15) is 22.7 Å². The molecule has 0 spiro atoms. The summed E-state index contributed by atoms with van der Waals surface area (Å²) in [4.78, 5) is 26.2. The maximum Gasteiger partial charge on any atom is 0.247 e. The second-order valence-electron chi connectivity index (χ2n) is 5.96. The maximum absolute atomic E-state index is 12.5. The number of carbonyl (C=O) groups excluding carboxylic acids is 1. The van der Waals surface area contributed by atoms with E-state index in [9.17, 15) is 9.59 Å². The normalized spacial score (nSPS) is 20.6. The lowest BCUT2D eigenvalue weighted by atomic mass is 9.88. The summed E-state index contributed by atoms with van der Waals surface area (Å²) in [6, 6.07) is 3.18. The molecule has 0 aromatic carbocycles. The molecule has 1 aliphatic heterocycles. The first-order chi connectivity index (χ1) is 11.1. The minimum atomic E-state index is -0.146. The Morgan fingerprint density at radius 1 is 1.43 bits per heavy atom. The predicted molar refractivity (Wildman–Crippen MR) is 86.0 cm³/mol. The van der Waals surface area contributed by atoms with Gasteiger partial charge in [-0.25, -0.2) is 0 Å². The van der Waals surface area contributed by atoms with Gasteiger partial charge in [0.25, 0.3) is 0 Å². The van der Waals surface area contributed by atoms with Crippen LogP contribution in [0.4, 0.5) is 0 Å². The van der Waals surface area contributed by atoms with E-state index in [1.165, 1.54) is 6.07 Å². The smallest absolute Gasteiger partial charge is 0.247 e. The van der Waals surface area contributed by atoms with E-state index in [4.69, 9.17) is 0 Å². The number of aryl methyl sites for hydroxylation is 1. The van der Waals surface area contributed by atoms with E-state index in [1.807, 2.05) is 24.9 Å². The number of carbonyl (C=O) groups is 1. The maximum atomic E-state index is 12.5. The first-order valence-corrected chi connectivity index (χ1v) is 7.71. The Hall–Kier alpha value is -2.41. The van der Waals surface area contributed by atoms with Gasteiger partial charge >= 0.3 is 0 Å². The third-order valence-electron chi connectivity index (χ3n) is 4.54. The van der Waals surface area contributed by atoms with Crippen LogP contribution in [0.25, 0.3) is 0 Å². The first-order valence-electron chi connectivity index (χ1n) is 7.71. The van der Waals surface area contributed by atoms with Gasteiger partial charge in [-0.3, -0.25) is 14.3 Å². The molecule has 0 aliphatic carbocycles. The lowest BCUT2D eigenvalue weighted by Crippen LogP contribution is -2.34. The van der Waals surface area contributed by atoms with Crippen molar-refractivity contribution >= 4 is 5.91 Å². The zero-order valence-electron chi connectivity index (χ0n) is 13.3. The van der Waals surface area contributed by atoms with Crippen LogP contribution in [0.2, 0.25) is 0 Å². The van der Waals surface area contributed by atoms with Crippen molar-refractivity contribution in [2.24, 2.45) is 13.0 Å². The number of hydrogen-bond donors (Lipinski definition) is 3. The monoisotopic (exact) mass is 315 g/mol. The Morgan fingerprint density at radius 3 is 2.91 bits per heavy atom. The molecule has 7 nitrogen and oxygen atoms in total. The highest BCUT2D eigenvalue weighted by atomic mass is 16.2. The van der Waals surface area contributed by atoms with Crippen LogP contribution in [0.3, 0.4) is 0 Å². The Kier molecular flexibility index (Phi) is 4.29. The van der Waals surface area contributed by atoms with Gasteiger partial charge in [0.2, 0.25) is 11.5 Å². The fraction of sp³-hybridized carbons (Fsp3) is 0.438. The molecule has 3 N–H and O–H groups in total. The van der Waals surface area contributed by atoms with Crippen LogP contribution in [-0.4, -0.2) is 33.8 Å². The predicted octanol–water partition coefficient (Wildman–Crippen LogP) is 0.0362. The molecule has 1 saturated heterocycles. The molecule has 1 aliphatic rings. The van der Waals surface area contributed by atoms with Crippen molar-refractivity contribution in [3.63, 3.8) is 0 Å². The molecular formula is C16H21N5O2. The Balaban J connectivity index is 1.67. The van der Waals surface area contributed by atoms with Crippen molar-refractivity contribution in [2.75, 3.05) is 13.1 Å². The summed E-state index contributed by atoms with van der Waals surface area (Å²) < 4.78 is 1.84. The minimum absolute atomic E-state index is 0.0226. The second kappa shape index (κ2) is 6.37. The highest BCUT2D eigenvalue weighted by Gasteiger charge is 2.35. The molecule has 122 valence electrons. The minimum Gasteiger partial charge on any atom is -0.352 e. The Morgan fingerprint density at radius 2 is 2.26 bits per heavy atom. The number of rotatable bonds is 4. The molecule has 2 aromatic rings. The van der Waals surface area contributed by atoms with Crippen LogP contribution in [0.5, 0.6) is 0 Å². The van der Waals surface area contributed by atoms with Crippen LogP contribution < -0.4 is 16.2 Å². The number of aromatic nitrogens is 3. The fourth-order valence-corrected chi connectivity index (χ4v) is 3.03. The number of nitrogens with one attached hydrogen (secondary N) is 3. The van der Waals surface area contributed by atoms with Crippen molar-refractivity contribution < 1.29 is 4.79 Å². The summed E-state index contributed by atoms with van der Waals surface area (Å²) in [5.41, 5.74) is 2.95. The molecule has 3 heterocycles. The van der Waals surface area contributed by atoms with E-state index < -0.39 is 0 Å². The van der Waals surface area contributed by atoms with Gasteiger partial charge in [0.15, 0.2) is 0 Å². The molecule has 0 radical (unpaired) electrons. The highest BCUT2D eigenvalue weighted by molar-refractivity contribution is 5.80. The summed E-state index contributed by atoms with van der Waals surface area (Å²) in [6.45, 7) is 3.88. The second-order valence-corrected chi connectivity index (χ2v) is 5.96. The summed E-state index contributed by atoms with van der Waals surface area (Å²) in [5, 5.41) is 10.5. The standard InChI is InChI=1S/C16H21N5O2/c1-10-12(9-20-21(10)2)13-7-17-8-14(13)16(23)19-6-11-3-4-15(22)18-5-11/h3-5,9,13-14,17H,6-8H2,1-2H3,(H,18,22)(H,19,23)/t13-,14+/m1/s1.